The van der Waals surface area contributed by atoms with Crippen LogP contribution in [0.15, 0.2) is 12.1 Å². The van der Waals surface area contributed by atoms with Crippen LogP contribution < -0.4 is 5.32 Å². The van der Waals surface area contributed by atoms with Crippen LogP contribution in [0.3, 0.4) is 0 Å². The van der Waals surface area contributed by atoms with Gasteiger partial charge in [0.1, 0.15) is 0 Å². The molecule has 2 rings (SSSR count). The van der Waals surface area contributed by atoms with Crippen molar-refractivity contribution in [3.8, 4) is 0 Å². The van der Waals surface area contributed by atoms with E-state index in [0.29, 0.717) is 0 Å². The summed E-state index contributed by atoms with van der Waals surface area (Å²) in [5.41, 5.74) is 5.87. The average Bonchev–Trinajstić information content (AvgIpc) is 2.56. The number of nitrogens with one attached hydrogen (secondary N) is 1. The Morgan fingerprint density at radius 2 is 1.83 bits per heavy atom. The van der Waals surface area contributed by atoms with Crippen molar-refractivity contribution in [1.29, 1.82) is 0 Å². The van der Waals surface area contributed by atoms with Gasteiger partial charge in [-0.2, -0.15) is 11.8 Å². The Bertz CT molecular complexity index is 369. The lowest BCUT2D eigenvalue weighted by Gasteiger charge is -2.16. The van der Waals surface area contributed by atoms with Crippen LogP contribution in [0.2, 0.25) is 0 Å². The molecule has 0 saturated carbocycles. The molecule has 0 amide bonds. The second-order valence-electron chi connectivity index (χ2n) is 5.49. The van der Waals surface area contributed by atoms with Gasteiger partial charge in [-0.05, 0) is 69.8 Å². The maximum Gasteiger partial charge on any atom is 0.0192 e. The summed E-state index contributed by atoms with van der Waals surface area (Å²) < 4.78 is 0. The third-order valence-electron chi connectivity index (χ3n) is 3.83. The molecular formula is C16H25NS. The Kier molecular flexibility index (Phi) is 5.13. The van der Waals surface area contributed by atoms with Gasteiger partial charge < -0.3 is 5.32 Å². The molecule has 1 aromatic rings. The van der Waals surface area contributed by atoms with Gasteiger partial charge in [0, 0.05) is 11.0 Å². The molecule has 0 aliphatic carbocycles. The lowest BCUT2D eigenvalue weighted by molar-refractivity contribution is 0.703. The summed E-state index contributed by atoms with van der Waals surface area (Å²) in [6.07, 6.45) is 4.04. The molecule has 1 aliphatic heterocycles. The first-order chi connectivity index (χ1) is 8.66. The van der Waals surface area contributed by atoms with Crippen LogP contribution in [-0.2, 0) is 5.75 Å². The van der Waals surface area contributed by atoms with Crippen LogP contribution in [0.4, 0.5) is 0 Å². The summed E-state index contributed by atoms with van der Waals surface area (Å²) in [7, 11) is 0. The fourth-order valence-corrected chi connectivity index (χ4v) is 4.27. The Balaban J connectivity index is 1.97. The Hall–Kier alpha value is -0.470. The lowest BCUT2D eigenvalue weighted by Crippen LogP contribution is -2.14. The molecule has 0 aromatic heterocycles. The normalized spacial score (nSPS) is 20.7. The monoisotopic (exact) mass is 263 g/mol. The predicted octanol–water partition coefficient (Wildman–Crippen LogP) is 3.99. The zero-order valence-corrected chi connectivity index (χ0v) is 12.7. The summed E-state index contributed by atoms with van der Waals surface area (Å²) in [5, 5.41) is 4.34. The van der Waals surface area contributed by atoms with Crippen LogP contribution in [0, 0.1) is 20.8 Å². The first-order valence-electron chi connectivity index (χ1n) is 7.06. The summed E-state index contributed by atoms with van der Waals surface area (Å²) in [5.74, 6) is 1.18. The summed E-state index contributed by atoms with van der Waals surface area (Å²) in [6.45, 7) is 9.10. The molecule has 2 heteroatoms. The summed E-state index contributed by atoms with van der Waals surface area (Å²) >= 11 is 2.16. The molecule has 100 valence electrons. The minimum absolute atomic E-state index is 0.847. The van der Waals surface area contributed by atoms with E-state index in [1.165, 1.54) is 54.8 Å². The lowest BCUT2D eigenvalue weighted by atomic mass is 10.0. The van der Waals surface area contributed by atoms with E-state index in [9.17, 15) is 0 Å². The number of hydrogen-bond acceptors (Lipinski definition) is 2. The zero-order chi connectivity index (χ0) is 13.0. The van der Waals surface area contributed by atoms with Gasteiger partial charge in [0.15, 0.2) is 0 Å². The molecule has 1 atom stereocenters. The van der Waals surface area contributed by atoms with Crippen molar-refractivity contribution in [2.75, 3.05) is 13.1 Å². The SMILES string of the molecule is Cc1cc(C)c(CS[C@H]2CCCNCC2)c(C)c1. The first-order valence-corrected chi connectivity index (χ1v) is 8.10. The van der Waals surface area contributed by atoms with Crippen molar-refractivity contribution in [1.82, 2.24) is 5.32 Å². The molecule has 1 fully saturated rings. The highest BCUT2D eigenvalue weighted by Crippen LogP contribution is 2.28. The molecule has 0 unspecified atom stereocenters. The molecule has 1 aromatic carbocycles. The predicted molar refractivity (Wildman–Crippen MR) is 82.5 cm³/mol. The maximum atomic E-state index is 3.49. The molecule has 0 radical (unpaired) electrons. The van der Waals surface area contributed by atoms with Crippen molar-refractivity contribution in [2.45, 2.75) is 51.0 Å². The Morgan fingerprint density at radius 3 is 2.56 bits per heavy atom. The van der Waals surface area contributed by atoms with Gasteiger partial charge in [-0.15, -0.1) is 0 Å². The number of thioether (sulfide) groups is 1. The van der Waals surface area contributed by atoms with Crippen molar-refractivity contribution >= 4 is 11.8 Å². The third kappa shape index (κ3) is 3.76. The van der Waals surface area contributed by atoms with Crippen molar-refractivity contribution < 1.29 is 0 Å². The van der Waals surface area contributed by atoms with Gasteiger partial charge in [-0.3, -0.25) is 0 Å². The van der Waals surface area contributed by atoms with E-state index >= 15 is 0 Å². The van der Waals surface area contributed by atoms with Gasteiger partial charge in [0.05, 0.1) is 0 Å². The van der Waals surface area contributed by atoms with E-state index in [0.717, 1.165) is 5.25 Å². The summed E-state index contributed by atoms with van der Waals surface area (Å²) in [4.78, 5) is 0. The molecule has 1 saturated heterocycles. The summed E-state index contributed by atoms with van der Waals surface area (Å²) in [6, 6.07) is 4.63. The van der Waals surface area contributed by atoms with Gasteiger partial charge in [0.2, 0.25) is 0 Å². The fraction of sp³-hybridized carbons (Fsp3) is 0.625. The number of hydrogen-bond donors (Lipinski definition) is 1. The standard InChI is InChI=1S/C16H25NS/c1-12-9-13(2)16(14(3)10-12)11-18-15-5-4-7-17-8-6-15/h9-10,15,17H,4-8,11H2,1-3H3/t15-/m0/s1. The largest absolute Gasteiger partial charge is 0.317 e. The van der Waals surface area contributed by atoms with E-state index in [2.05, 4.69) is 50.0 Å². The number of rotatable bonds is 3. The quantitative estimate of drug-likeness (QED) is 0.885. The topological polar surface area (TPSA) is 12.0 Å². The van der Waals surface area contributed by atoms with E-state index < -0.39 is 0 Å². The molecule has 0 bridgehead atoms. The van der Waals surface area contributed by atoms with Crippen LogP contribution >= 0.6 is 11.8 Å². The van der Waals surface area contributed by atoms with Gasteiger partial charge in [-0.1, -0.05) is 17.7 Å². The minimum Gasteiger partial charge on any atom is -0.317 e. The Morgan fingerprint density at radius 1 is 1.11 bits per heavy atom. The van der Waals surface area contributed by atoms with Gasteiger partial charge in [-0.25, -0.2) is 0 Å². The average molecular weight is 263 g/mol. The number of aryl methyl sites for hydroxylation is 3. The highest BCUT2D eigenvalue weighted by molar-refractivity contribution is 7.99. The molecule has 18 heavy (non-hydrogen) atoms. The van der Waals surface area contributed by atoms with E-state index in [-0.39, 0.29) is 0 Å². The van der Waals surface area contributed by atoms with Crippen molar-refractivity contribution in [3.05, 3.63) is 34.4 Å². The fourth-order valence-electron chi connectivity index (χ4n) is 2.79. The van der Waals surface area contributed by atoms with Gasteiger partial charge >= 0.3 is 0 Å². The van der Waals surface area contributed by atoms with Crippen LogP contribution in [0.5, 0.6) is 0 Å². The third-order valence-corrected chi connectivity index (χ3v) is 5.22. The smallest absolute Gasteiger partial charge is 0.0192 e. The van der Waals surface area contributed by atoms with Gasteiger partial charge in [0.25, 0.3) is 0 Å². The second-order valence-corrected chi connectivity index (χ2v) is 6.78. The molecule has 1 heterocycles. The van der Waals surface area contributed by atoms with Crippen molar-refractivity contribution in [3.63, 3.8) is 0 Å². The number of benzene rings is 1. The highest BCUT2D eigenvalue weighted by Gasteiger charge is 2.13. The van der Waals surface area contributed by atoms with E-state index in [1.807, 2.05) is 0 Å². The van der Waals surface area contributed by atoms with E-state index in [1.54, 1.807) is 5.56 Å². The first kappa shape index (κ1) is 14.0. The van der Waals surface area contributed by atoms with Crippen LogP contribution in [0.1, 0.15) is 41.5 Å². The molecule has 1 aliphatic rings. The van der Waals surface area contributed by atoms with Crippen LogP contribution in [0.25, 0.3) is 0 Å². The van der Waals surface area contributed by atoms with E-state index in [4.69, 9.17) is 0 Å². The van der Waals surface area contributed by atoms with Crippen LogP contribution in [-0.4, -0.2) is 18.3 Å². The molecule has 0 spiro atoms. The zero-order valence-electron chi connectivity index (χ0n) is 11.9. The molecule has 1 nitrogen and oxygen atoms in total. The maximum absolute atomic E-state index is 3.49. The van der Waals surface area contributed by atoms with Crippen molar-refractivity contribution in [2.24, 2.45) is 0 Å². The molecular weight excluding hydrogens is 238 g/mol. The Labute approximate surface area is 116 Å². The molecule has 1 N–H and O–H groups in total. The minimum atomic E-state index is 0.847. The highest BCUT2D eigenvalue weighted by atomic mass is 32.2. The second kappa shape index (κ2) is 6.63.